The van der Waals surface area contributed by atoms with Gasteiger partial charge in [0.1, 0.15) is 11.5 Å². The number of hydrogen-bond donors (Lipinski definition) is 1. The summed E-state index contributed by atoms with van der Waals surface area (Å²) in [6, 6.07) is 16.4. The molecule has 1 saturated heterocycles. The third-order valence-corrected chi connectivity index (χ3v) is 6.43. The molecule has 0 aromatic heterocycles. The van der Waals surface area contributed by atoms with Crippen LogP contribution in [0.25, 0.3) is 5.76 Å². The summed E-state index contributed by atoms with van der Waals surface area (Å²) in [5.41, 5.74) is 4.08. The zero-order valence-corrected chi connectivity index (χ0v) is 21.5. The van der Waals surface area contributed by atoms with Gasteiger partial charge in [-0.3, -0.25) is 14.5 Å². The molecule has 3 aromatic carbocycles. The number of aliphatic hydroxyl groups is 1. The fraction of sp³-hybridized carbons (Fsp3) is 0.233. The Kier molecular flexibility index (Phi) is 7.16. The van der Waals surface area contributed by atoms with Crippen molar-refractivity contribution < 1.29 is 29.0 Å². The lowest BCUT2D eigenvalue weighted by molar-refractivity contribution is -0.132. The molecular weight excluding hydrogens is 470 g/mol. The van der Waals surface area contributed by atoms with E-state index in [0.29, 0.717) is 28.1 Å². The van der Waals surface area contributed by atoms with Gasteiger partial charge in [-0.15, -0.1) is 0 Å². The van der Waals surface area contributed by atoms with E-state index in [1.165, 1.54) is 11.0 Å². The molecule has 1 fully saturated rings. The maximum atomic E-state index is 13.5. The summed E-state index contributed by atoms with van der Waals surface area (Å²) in [6.45, 7) is 7.47. The summed E-state index contributed by atoms with van der Waals surface area (Å²) >= 11 is 0. The molecule has 1 unspecified atom stereocenters. The van der Waals surface area contributed by atoms with Crippen LogP contribution in [0.4, 0.5) is 5.69 Å². The van der Waals surface area contributed by atoms with Crippen LogP contribution < -0.4 is 9.64 Å². The first kappa shape index (κ1) is 25.7. The van der Waals surface area contributed by atoms with Crippen LogP contribution in [-0.2, 0) is 14.3 Å². The zero-order chi connectivity index (χ0) is 26.9. The van der Waals surface area contributed by atoms with Crippen molar-refractivity contribution in [3.63, 3.8) is 0 Å². The molecule has 1 N–H and O–H groups in total. The minimum atomic E-state index is -0.904. The summed E-state index contributed by atoms with van der Waals surface area (Å²) in [5.74, 6) is -1.74. The van der Waals surface area contributed by atoms with Crippen LogP contribution in [0, 0.1) is 20.8 Å². The number of amides is 1. The smallest absolute Gasteiger partial charge is 0.338 e. The van der Waals surface area contributed by atoms with Crippen molar-refractivity contribution in [1.29, 1.82) is 0 Å². The molecule has 0 bridgehead atoms. The number of methoxy groups -OCH3 is 1. The van der Waals surface area contributed by atoms with Gasteiger partial charge >= 0.3 is 5.97 Å². The zero-order valence-electron chi connectivity index (χ0n) is 21.5. The number of Topliss-reactive ketones (excluding diaryl/α,β-unsaturated/α-hetero) is 1. The van der Waals surface area contributed by atoms with Crippen LogP contribution in [0.5, 0.6) is 5.75 Å². The number of aryl methyl sites for hydroxylation is 3. The van der Waals surface area contributed by atoms with Crippen LogP contribution in [-0.4, -0.2) is 36.5 Å². The number of anilines is 1. The number of benzene rings is 3. The first-order chi connectivity index (χ1) is 17.7. The molecule has 1 aliphatic rings. The molecule has 0 aliphatic carbocycles. The Morgan fingerprint density at radius 3 is 2.38 bits per heavy atom. The van der Waals surface area contributed by atoms with Crippen molar-refractivity contribution in [2.75, 3.05) is 18.6 Å². The van der Waals surface area contributed by atoms with Gasteiger partial charge in [-0.25, -0.2) is 4.79 Å². The number of carbonyl (C=O) groups is 3. The molecule has 3 aromatic rings. The SMILES string of the molecule is CCOC(=O)c1cccc(N2C(=O)C(=O)/C(=C(/O)c3cc(C)c(OC)cc3C)C2c2cccc(C)c2)c1. The number of carbonyl (C=O) groups excluding carboxylic acids is 3. The van der Waals surface area contributed by atoms with Gasteiger partial charge in [0.2, 0.25) is 0 Å². The molecule has 1 amide bonds. The average molecular weight is 500 g/mol. The number of aliphatic hydroxyl groups excluding tert-OH is 1. The van der Waals surface area contributed by atoms with Crippen LogP contribution in [0.15, 0.2) is 66.2 Å². The monoisotopic (exact) mass is 499 g/mol. The topological polar surface area (TPSA) is 93.1 Å². The van der Waals surface area contributed by atoms with E-state index in [2.05, 4.69) is 0 Å². The fourth-order valence-electron chi connectivity index (χ4n) is 4.66. The minimum absolute atomic E-state index is 0.0233. The van der Waals surface area contributed by atoms with Crippen molar-refractivity contribution in [2.45, 2.75) is 33.7 Å². The first-order valence-electron chi connectivity index (χ1n) is 12.0. The largest absolute Gasteiger partial charge is 0.507 e. The summed E-state index contributed by atoms with van der Waals surface area (Å²) in [5, 5.41) is 11.5. The number of nitrogens with zero attached hydrogens (tertiary/aromatic N) is 1. The number of hydrogen-bond acceptors (Lipinski definition) is 6. The minimum Gasteiger partial charge on any atom is -0.507 e. The lowest BCUT2D eigenvalue weighted by Gasteiger charge is -2.26. The van der Waals surface area contributed by atoms with Gasteiger partial charge in [0, 0.05) is 11.3 Å². The molecule has 37 heavy (non-hydrogen) atoms. The van der Waals surface area contributed by atoms with Gasteiger partial charge in [-0.2, -0.15) is 0 Å². The summed E-state index contributed by atoms with van der Waals surface area (Å²) in [6.07, 6.45) is 0. The number of esters is 1. The van der Waals surface area contributed by atoms with Gasteiger partial charge < -0.3 is 14.6 Å². The van der Waals surface area contributed by atoms with E-state index < -0.39 is 23.7 Å². The van der Waals surface area contributed by atoms with Crippen molar-refractivity contribution in [3.8, 4) is 5.75 Å². The van der Waals surface area contributed by atoms with Gasteiger partial charge in [0.15, 0.2) is 0 Å². The maximum Gasteiger partial charge on any atom is 0.338 e. The molecule has 1 atom stereocenters. The number of ketones is 1. The average Bonchev–Trinajstić information content (AvgIpc) is 3.15. The van der Waals surface area contributed by atoms with E-state index in [0.717, 1.165) is 11.1 Å². The van der Waals surface area contributed by atoms with Crippen molar-refractivity contribution >= 4 is 29.1 Å². The van der Waals surface area contributed by atoms with Crippen LogP contribution in [0.1, 0.15) is 51.1 Å². The lowest BCUT2D eigenvalue weighted by atomic mass is 9.92. The normalized spacial score (nSPS) is 16.7. The first-order valence-corrected chi connectivity index (χ1v) is 12.0. The quantitative estimate of drug-likeness (QED) is 0.211. The Morgan fingerprint density at radius 2 is 1.70 bits per heavy atom. The molecule has 7 nitrogen and oxygen atoms in total. The highest BCUT2D eigenvalue weighted by molar-refractivity contribution is 6.51. The molecular formula is C30H29NO6. The summed E-state index contributed by atoms with van der Waals surface area (Å²) < 4.78 is 10.5. The molecule has 4 rings (SSSR count). The Balaban J connectivity index is 1.95. The van der Waals surface area contributed by atoms with E-state index in [1.54, 1.807) is 51.3 Å². The van der Waals surface area contributed by atoms with Crippen molar-refractivity contribution in [1.82, 2.24) is 0 Å². The van der Waals surface area contributed by atoms with Crippen molar-refractivity contribution in [3.05, 3.63) is 99.6 Å². The van der Waals surface area contributed by atoms with E-state index in [9.17, 15) is 19.5 Å². The van der Waals surface area contributed by atoms with E-state index in [4.69, 9.17) is 9.47 Å². The third-order valence-electron chi connectivity index (χ3n) is 6.43. The molecule has 0 saturated carbocycles. The molecule has 0 spiro atoms. The highest BCUT2D eigenvalue weighted by Crippen LogP contribution is 2.43. The van der Waals surface area contributed by atoms with Crippen LogP contribution in [0.2, 0.25) is 0 Å². The second-order valence-corrected chi connectivity index (χ2v) is 8.99. The van der Waals surface area contributed by atoms with Gasteiger partial charge in [-0.05, 0) is 74.7 Å². The van der Waals surface area contributed by atoms with Gasteiger partial charge in [-0.1, -0.05) is 35.9 Å². The Morgan fingerprint density at radius 1 is 0.973 bits per heavy atom. The van der Waals surface area contributed by atoms with Gasteiger partial charge in [0.05, 0.1) is 30.9 Å². The molecule has 1 aliphatic heterocycles. The third kappa shape index (κ3) is 4.72. The van der Waals surface area contributed by atoms with E-state index in [1.807, 2.05) is 38.1 Å². The molecule has 190 valence electrons. The summed E-state index contributed by atoms with van der Waals surface area (Å²) in [4.78, 5) is 40.7. The summed E-state index contributed by atoms with van der Waals surface area (Å²) in [7, 11) is 1.56. The van der Waals surface area contributed by atoms with E-state index in [-0.39, 0.29) is 23.5 Å². The van der Waals surface area contributed by atoms with E-state index >= 15 is 0 Å². The van der Waals surface area contributed by atoms with Crippen LogP contribution in [0.3, 0.4) is 0 Å². The van der Waals surface area contributed by atoms with Crippen molar-refractivity contribution in [2.24, 2.45) is 0 Å². The fourth-order valence-corrected chi connectivity index (χ4v) is 4.66. The highest BCUT2D eigenvalue weighted by atomic mass is 16.5. The second kappa shape index (κ2) is 10.3. The molecule has 0 radical (unpaired) electrons. The lowest BCUT2D eigenvalue weighted by Crippen LogP contribution is -2.29. The Hall–Kier alpha value is -4.39. The number of ether oxygens (including phenoxy) is 2. The predicted octanol–water partition coefficient (Wildman–Crippen LogP) is 5.42. The highest BCUT2D eigenvalue weighted by Gasteiger charge is 2.47. The number of rotatable bonds is 6. The molecule has 7 heteroatoms. The second-order valence-electron chi connectivity index (χ2n) is 8.99. The maximum absolute atomic E-state index is 13.5. The molecule has 1 heterocycles. The Bertz CT molecular complexity index is 1440. The standard InChI is InChI=1S/C30H29NO6/c1-6-37-30(35)21-11-8-12-22(16-21)31-26(20-10-7-9-17(2)13-20)25(28(33)29(31)34)27(32)23-14-19(4)24(36-5)15-18(23)3/h7-16,26,32H,6H2,1-5H3/b27-25+. The van der Waals surface area contributed by atoms with Crippen LogP contribution >= 0.6 is 0 Å². The predicted molar refractivity (Wildman–Crippen MR) is 141 cm³/mol. The van der Waals surface area contributed by atoms with Gasteiger partial charge in [0.25, 0.3) is 11.7 Å². The Labute approximate surface area is 215 Å².